The molecule has 0 saturated heterocycles. The van der Waals surface area contributed by atoms with Gasteiger partial charge in [0.2, 0.25) is 5.91 Å². The molecule has 0 spiro atoms. The predicted molar refractivity (Wildman–Crippen MR) is 113 cm³/mol. The van der Waals surface area contributed by atoms with E-state index >= 15 is 0 Å². The molecule has 3 rings (SSSR count). The van der Waals surface area contributed by atoms with Crippen molar-refractivity contribution in [3.05, 3.63) is 95.6 Å². The summed E-state index contributed by atoms with van der Waals surface area (Å²) in [6, 6.07) is 22.9. The molecule has 0 heterocycles. The zero-order valence-electron chi connectivity index (χ0n) is 15.9. The van der Waals surface area contributed by atoms with Crippen LogP contribution < -0.4 is 16.0 Å². The zero-order valence-corrected chi connectivity index (χ0v) is 15.9. The second-order valence-electron chi connectivity index (χ2n) is 6.46. The van der Waals surface area contributed by atoms with Crippen molar-refractivity contribution in [3.8, 4) is 0 Å². The Morgan fingerprint density at radius 2 is 1.31 bits per heavy atom. The van der Waals surface area contributed by atoms with E-state index in [2.05, 4.69) is 16.0 Å². The Morgan fingerprint density at radius 3 is 1.97 bits per heavy atom. The molecular formula is C23H21N3O3. The first-order chi connectivity index (χ1) is 14.0. The molecule has 0 bridgehead atoms. The quantitative estimate of drug-likeness (QED) is 0.601. The van der Waals surface area contributed by atoms with Gasteiger partial charge in [-0.05, 0) is 48.0 Å². The molecule has 3 aromatic rings. The number of rotatable bonds is 6. The van der Waals surface area contributed by atoms with Crippen LogP contribution in [0.2, 0.25) is 0 Å². The van der Waals surface area contributed by atoms with Gasteiger partial charge in [0.25, 0.3) is 11.8 Å². The number of hydrogen-bond acceptors (Lipinski definition) is 3. The molecule has 0 aromatic heterocycles. The summed E-state index contributed by atoms with van der Waals surface area (Å²) in [5, 5.41) is 8.33. The highest BCUT2D eigenvalue weighted by Crippen LogP contribution is 2.16. The van der Waals surface area contributed by atoms with Gasteiger partial charge in [-0.2, -0.15) is 0 Å². The van der Waals surface area contributed by atoms with Gasteiger partial charge in [-0.3, -0.25) is 14.4 Å². The van der Waals surface area contributed by atoms with Crippen molar-refractivity contribution in [2.24, 2.45) is 0 Å². The first-order valence-electron chi connectivity index (χ1n) is 9.12. The second-order valence-corrected chi connectivity index (χ2v) is 6.46. The van der Waals surface area contributed by atoms with E-state index in [1.54, 1.807) is 60.7 Å². The molecule has 6 nitrogen and oxygen atoms in total. The lowest BCUT2D eigenvalue weighted by molar-refractivity contribution is -0.114. The van der Waals surface area contributed by atoms with Crippen LogP contribution in [0.4, 0.5) is 11.4 Å². The van der Waals surface area contributed by atoms with Gasteiger partial charge < -0.3 is 16.0 Å². The summed E-state index contributed by atoms with van der Waals surface area (Å²) in [5.74, 6) is -0.584. The van der Waals surface area contributed by atoms with Crippen molar-refractivity contribution >= 4 is 29.1 Å². The van der Waals surface area contributed by atoms with Crippen LogP contribution in [0.15, 0.2) is 78.9 Å². The van der Waals surface area contributed by atoms with Crippen molar-refractivity contribution in [2.75, 3.05) is 10.6 Å². The Balaban J connectivity index is 1.57. The number of carbonyl (C=O) groups is 3. The summed E-state index contributed by atoms with van der Waals surface area (Å²) in [5.41, 5.74) is 3.18. The first-order valence-corrected chi connectivity index (χ1v) is 9.12. The lowest BCUT2D eigenvalue weighted by atomic mass is 10.1. The van der Waals surface area contributed by atoms with Crippen LogP contribution in [0.3, 0.4) is 0 Å². The molecule has 0 saturated carbocycles. The van der Waals surface area contributed by atoms with Crippen LogP contribution in [0.5, 0.6) is 0 Å². The molecule has 0 fully saturated rings. The van der Waals surface area contributed by atoms with E-state index < -0.39 is 0 Å². The summed E-state index contributed by atoms with van der Waals surface area (Å²) < 4.78 is 0. The molecule has 0 radical (unpaired) electrons. The predicted octanol–water partition coefficient (Wildman–Crippen LogP) is 3.83. The van der Waals surface area contributed by atoms with Crippen LogP contribution in [-0.4, -0.2) is 17.7 Å². The SMILES string of the molecule is CC(=O)Nc1cccc(NC(=O)c2ccc(CNC(=O)c3ccccc3)cc2)c1. The van der Waals surface area contributed by atoms with Crippen LogP contribution in [0, 0.1) is 0 Å². The average Bonchev–Trinajstić information content (AvgIpc) is 2.73. The van der Waals surface area contributed by atoms with Crippen LogP contribution in [0.1, 0.15) is 33.2 Å². The largest absolute Gasteiger partial charge is 0.348 e. The molecule has 0 atom stereocenters. The molecule has 146 valence electrons. The number of carbonyl (C=O) groups excluding carboxylic acids is 3. The maximum absolute atomic E-state index is 12.4. The summed E-state index contributed by atoms with van der Waals surface area (Å²) in [6.45, 7) is 1.80. The third-order valence-corrected chi connectivity index (χ3v) is 4.15. The molecule has 0 unspecified atom stereocenters. The van der Waals surface area contributed by atoms with Gasteiger partial charge >= 0.3 is 0 Å². The molecule has 0 aliphatic heterocycles. The van der Waals surface area contributed by atoms with E-state index in [4.69, 9.17) is 0 Å². The molecule has 0 aliphatic rings. The number of anilines is 2. The van der Waals surface area contributed by atoms with Crippen molar-refractivity contribution in [3.63, 3.8) is 0 Å². The molecule has 6 heteroatoms. The van der Waals surface area contributed by atoms with Crippen molar-refractivity contribution in [2.45, 2.75) is 13.5 Å². The summed E-state index contributed by atoms with van der Waals surface area (Å²) in [6.07, 6.45) is 0. The van der Waals surface area contributed by atoms with E-state index in [9.17, 15) is 14.4 Å². The highest BCUT2D eigenvalue weighted by Gasteiger charge is 2.08. The Kier molecular flexibility index (Phi) is 6.37. The van der Waals surface area contributed by atoms with Gasteiger partial charge in [0.1, 0.15) is 0 Å². The topological polar surface area (TPSA) is 87.3 Å². The molecule has 29 heavy (non-hydrogen) atoms. The lowest BCUT2D eigenvalue weighted by Crippen LogP contribution is -2.22. The van der Waals surface area contributed by atoms with Gasteiger partial charge in [-0.15, -0.1) is 0 Å². The fraction of sp³-hybridized carbons (Fsp3) is 0.0870. The number of amides is 3. The minimum Gasteiger partial charge on any atom is -0.348 e. The minimum atomic E-state index is -0.259. The molecule has 3 amide bonds. The summed E-state index contributed by atoms with van der Waals surface area (Å²) >= 11 is 0. The Morgan fingerprint density at radius 1 is 0.690 bits per heavy atom. The average molecular weight is 387 g/mol. The standard InChI is InChI=1S/C23H21N3O3/c1-16(27)25-20-8-5-9-21(14-20)26-23(29)19-12-10-17(11-13-19)15-24-22(28)18-6-3-2-4-7-18/h2-14H,15H2,1H3,(H,24,28)(H,25,27)(H,26,29). The van der Waals surface area contributed by atoms with Crippen molar-refractivity contribution in [1.29, 1.82) is 0 Å². The second kappa shape index (κ2) is 9.32. The van der Waals surface area contributed by atoms with Crippen molar-refractivity contribution in [1.82, 2.24) is 5.32 Å². The van der Waals surface area contributed by atoms with Gasteiger partial charge in [0.05, 0.1) is 0 Å². The molecule has 3 aromatic carbocycles. The molecule has 3 N–H and O–H groups in total. The van der Waals surface area contributed by atoms with Crippen molar-refractivity contribution < 1.29 is 14.4 Å². The van der Waals surface area contributed by atoms with Gasteiger partial charge in [0, 0.05) is 36.0 Å². The van der Waals surface area contributed by atoms with E-state index in [1.807, 2.05) is 18.2 Å². The maximum Gasteiger partial charge on any atom is 0.255 e. The van der Waals surface area contributed by atoms with E-state index in [-0.39, 0.29) is 17.7 Å². The number of hydrogen-bond donors (Lipinski definition) is 3. The van der Waals surface area contributed by atoms with Crippen LogP contribution in [-0.2, 0) is 11.3 Å². The first kappa shape index (κ1) is 19.8. The smallest absolute Gasteiger partial charge is 0.255 e. The van der Waals surface area contributed by atoms with E-state index in [0.29, 0.717) is 29.0 Å². The fourth-order valence-electron chi connectivity index (χ4n) is 2.73. The number of benzene rings is 3. The third-order valence-electron chi connectivity index (χ3n) is 4.15. The molecular weight excluding hydrogens is 366 g/mol. The van der Waals surface area contributed by atoms with E-state index in [0.717, 1.165) is 5.56 Å². The van der Waals surface area contributed by atoms with Crippen LogP contribution in [0.25, 0.3) is 0 Å². The zero-order chi connectivity index (χ0) is 20.6. The molecule has 0 aliphatic carbocycles. The number of nitrogens with one attached hydrogen (secondary N) is 3. The van der Waals surface area contributed by atoms with Gasteiger partial charge in [-0.25, -0.2) is 0 Å². The highest BCUT2D eigenvalue weighted by molar-refractivity contribution is 6.04. The maximum atomic E-state index is 12.4. The van der Waals surface area contributed by atoms with Gasteiger partial charge in [0.15, 0.2) is 0 Å². The third kappa shape index (κ3) is 5.77. The Labute approximate surface area is 169 Å². The monoisotopic (exact) mass is 387 g/mol. The Bertz CT molecular complexity index is 1020. The fourth-order valence-corrected chi connectivity index (χ4v) is 2.73. The normalized spacial score (nSPS) is 10.1. The Hall–Kier alpha value is -3.93. The minimum absolute atomic E-state index is 0.147. The van der Waals surface area contributed by atoms with E-state index in [1.165, 1.54) is 6.92 Å². The van der Waals surface area contributed by atoms with Gasteiger partial charge in [-0.1, -0.05) is 36.4 Å². The summed E-state index contributed by atoms with van der Waals surface area (Å²) in [7, 11) is 0. The highest BCUT2D eigenvalue weighted by atomic mass is 16.2. The lowest BCUT2D eigenvalue weighted by Gasteiger charge is -2.09. The van der Waals surface area contributed by atoms with Crippen LogP contribution >= 0.6 is 0 Å². The summed E-state index contributed by atoms with van der Waals surface area (Å²) in [4.78, 5) is 35.7.